The maximum Gasteiger partial charge on any atom is 0.248 e. The lowest BCUT2D eigenvalue weighted by molar-refractivity contribution is -0.116. The van der Waals surface area contributed by atoms with E-state index >= 15 is 0 Å². The molecule has 1 aromatic carbocycles. The Labute approximate surface area is 116 Å². The fraction of sp³-hybridized carbons (Fsp3) is 0.286. The van der Waals surface area contributed by atoms with Crippen LogP contribution in [0.1, 0.15) is 18.1 Å². The number of amides is 1. The van der Waals surface area contributed by atoms with Crippen molar-refractivity contribution in [1.82, 2.24) is 4.98 Å². The lowest BCUT2D eigenvalue weighted by Crippen LogP contribution is -2.31. The highest BCUT2D eigenvalue weighted by Gasteiger charge is 2.13. The number of thiazole rings is 1. The average molecular weight is 275 g/mol. The summed E-state index contributed by atoms with van der Waals surface area (Å²) >= 11 is 1.41. The maximum absolute atomic E-state index is 12.0. The molecule has 100 valence electrons. The second kappa shape index (κ2) is 5.84. The molecular formula is C14H17N3OS. The first kappa shape index (κ1) is 13.5. The third-order valence-corrected chi connectivity index (χ3v) is 3.63. The molecule has 2 rings (SSSR count). The summed E-state index contributed by atoms with van der Waals surface area (Å²) in [7, 11) is 0. The van der Waals surface area contributed by atoms with Gasteiger partial charge in [-0.05, 0) is 44.0 Å². The summed E-state index contributed by atoms with van der Waals surface area (Å²) in [5, 5.41) is 8.42. The molecule has 1 amide bonds. The molecule has 0 unspecified atom stereocenters. The topological polar surface area (TPSA) is 54.0 Å². The molecule has 0 saturated carbocycles. The monoisotopic (exact) mass is 275 g/mol. The molecule has 2 aromatic rings. The van der Waals surface area contributed by atoms with Crippen molar-refractivity contribution in [2.75, 3.05) is 10.6 Å². The number of rotatable bonds is 4. The first-order valence-corrected chi connectivity index (χ1v) is 6.98. The number of benzene rings is 1. The van der Waals surface area contributed by atoms with Crippen LogP contribution >= 0.6 is 11.3 Å². The SMILES string of the molecule is Cc1ccc(N[C@@H](C)C(=O)Nc2nccs2)cc1C. The van der Waals surface area contributed by atoms with Crippen molar-refractivity contribution in [2.45, 2.75) is 26.8 Å². The standard InChI is InChI=1S/C14H17N3OS/c1-9-4-5-12(8-10(9)2)16-11(3)13(18)17-14-15-6-7-19-14/h4-8,11,16H,1-3H3,(H,15,17,18)/t11-/m0/s1. The second-order valence-electron chi connectivity index (χ2n) is 4.49. The molecule has 0 bridgehead atoms. The van der Waals surface area contributed by atoms with Gasteiger partial charge in [0.05, 0.1) is 0 Å². The molecule has 5 heteroatoms. The number of aryl methyl sites for hydroxylation is 2. The van der Waals surface area contributed by atoms with E-state index in [1.807, 2.05) is 30.5 Å². The van der Waals surface area contributed by atoms with Gasteiger partial charge in [-0.25, -0.2) is 4.98 Å². The van der Waals surface area contributed by atoms with Crippen molar-refractivity contribution in [2.24, 2.45) is 0 Å². The van der Waals surface area contributed by atoms with Crippen LogP contribution in [-0.2, 0) is 4.79 Å². The highest BCUT2D eigenvalue weighted by molar-refractivity contribution is 7.13. The number of nitrogens with one attached hydrogen (secondary N) is 2. The van der Waals surface area contributed by atoms with Gasteiger partial charge in [0.2, 0.25) is 5.91 Å². The Morgan fingerprint density at radius 2 is 2.11 bits per heavy atom. The van der Waals surface area contributed by atoms with E-state index < -0.39 is 0 Å². The lowest BCUT2D eigenvalue weighted by Gasteiger charge is -2.15. The Morgan fingerprint density at radius 3 is 2.74 bits per heavy atom. The number of carbonyl (C=O) groups excluding carboxylic acids is 1. The molecule has 0 aliphatic rings. The van der Waals surface area contributed by atoms with E-state index in [2.05, 4.69) is 29.5 Å². The van der Waals surface area contributed by atoms with E-state index in [-0.39, 0.29) is 11.9 Å². The first-order chi connectivity index (χ1) is 9.06. The molecule has 0 aliphatic carbocycles. The van der Waals surface area contributed by atoms with Gasteiger partial charge >= 0.3 is 0 Å². The van der Waals surface area contributed by atoms with Gasteiger partial charge in [-0.2, -0.15) is 0 Å². The molecular weight excluding hydrogens is 258 g/mol. The zero-order valence-electron chi connectivity index (χ0n) is 11.2. The molecule has 1 atom stereocenters. The lowest BCUT2D eigenvalue weighted by atomic mass is 10.1. The predicted molar refractivity (Wildman–Crippen MR) is 79.7 cm³/mol. The number of nitrogens with zero attached hydrogens (tertiary/aromatic N) is 1. The van der Waals surface area contributed by atoms with Crippen molar-refractivity contribution in [1.29, 1.82) is 0 Å². The molecule has 0 spiro atoms. The third-order valence-electron chi connectivity index (χ3n) is 2.95. The molecule has 1 aromatic heterocycles. The Kier molecular flexibility index (Phi) is 4.16. The van der Waals surface area contributed by atoms with E-state index in [0.29, 0.717) is 5.13 Å². The first-order valence-electron chi connectivity index (χ1n) is 6.10. The summed E-state index contributed by atoms with van der Waals surface area (Å²) in [4.78, 5) is 16.0. The van der Waals surface area contributed by atoms with E-state index in [1.165, 1.54) is 22.5 Å². The van der Waals surface area contributed by atoms with E-state index in [4.69, 9.17) is 0 Å². The smallest absolute Gasteiger partial charge is 0.248 e. The van der Waals surface area contributed by atoms with Gasteiger partial charge in [-0.3, -0.25) is 4.79 Å². The van der Waals surface area contributed by atoms with Crippen molar-refractivity contribution in [3.05, 3.63) is 40.9 Å². The number of anilines is 2. The minimum Gasteiger partial charge on any atom is -0.374 e. The van der Waals surface area contributed by atoms with Gasteiger partial charge in [0.15, 0.2) is 5.13 Å². The minimum atomic E-state index is -0.314. The van der Waals surface area contributed by atoms with Gasteiger partial charge in [0.1, 0.15) is 6.04 Å². The molecule has 0 fully saturated rings. The zero-order valence-corrected chi connectivity index (χ0v) is 12.0. The fourth-order valence-electron chi connectivity index (χ4n) is 1.65. The average Bonchev–Trinajstić information content (AvgIpc) is 2.86. The Morgan fingerprint density at radius 1 is 1.32 bits per heavy atom. The van der Waals surface area contributed by atoms with Crippen LogP contribution in [0.5, 0.6) is 0 Å². The quantitative estimate of drug-likeness (QED) is 0.901. The molecule has 0 aliphatic heterocycles. The molecule has 4 nitrogen and oxygen atoms in total. The molecule has 1 heterocycles. The van der Waals surface area contributed by atoms with Crippen molar-refractivity contribution in [3.8, 4) is 0 Å². The number of carbonyl (C=O) groups is 1. The third kappa shape index (κ3) is 3.54. The summed E-state index contributed by atoms with van der Waals surface area (Å²) in [6.07, 6.45) is 1.67. The van der Waals surface area contributed by atoms with E-state index in [1.54, 1.807) is 6.20 Å². The van der Waals surface area contributed by atoms with Crippen molar-refractivity contribution in [3.63, 3.8) is 0 Å². The largest absolute Gasteiger partial charge is 0.374 e. The van der Waals surface area contributed by atoms with Gasteiger partial charge < -0.3 is 10.6 Å². The Bertz CT molecular complexity index is 566. The zero-order chi connectivity index (χ0) is 13.8. The fourth-order valence-corrected chi connectivity index (χ4v) is 2.18. The van der Waals surface area contributed by atoms with Crippen LogP contribution in [0.25, 0.3) is 0 Å². The highest BCUT2D eigenvalue weighted by atomic mass is 32.1. The minimum absolute atomic E-state index is 0.0896. The Hall–Kier alpha value is -1.88. The summed E-state index contributed by atoms with van der Waals surface area (Å²) in [5.41, 5.74) is 3.40. The van der Waals surface area contributed by atoms with Crippen LogP contribution in [0, 0.1) is 13.8 Å². The van der Waals surface area contributed by atoms with Crippen LogP contribution < -0.4 is 10.6 Å². The van der Waals surface area contributed by atoms with Crippen LogP contribution in [-0.4, -0.2) is 16.9 Å². The number of aromatic nitrogens is 1. The van der Waals surface area contributed by atoms with Crippen LogP contribution in [0.15, 0.2) is 29.8 Å². The van der Waals surface area contributed by atoms with Crippen molar-refractivity contribution >= 4 is 28.1 Å². The van der Waals surface area contributed by atoms with Gasteiger partial charge in [-0.15, -0.1) is 11.3 Å². The number of hydrogen-bond donors (Lipinski definition) is 2. The second-order valence-corrected chi connectivity index (χ2v) is 5.39. The van der Waals surface area contributed by atoms with E-state index in [9.17, 15) is 4.79 Å². The van der Waals surface area contributed by atoms with Crippen LogP contribution in [0.3, 0.4) is 0 Å². The summed E-state index contributed by atoms with van der Waals surface area (Å²) in [6, 6.07) is 5.76. The molecule has 19 heavy (non-hydrogen) atoms. The predicted octanol–water partition coefficient (Wildman–Crippen LogP) is 3.20. The summed E-state index contributed by atoms with van der Waals surface area (Å²) in [5.74, 6) is -0.0896. The summed E-state index contributed by atoms with van der Waals surface area (Å²) in [6.45, 7) is 5.96. The molecule has 0 radical (unpaired) electrons. The van der Waals surface area contributed by atoms with Gasteiger partial charge in [0, 0.05) is 17.3 Å². The van der Waals surface area contributed by atoms with Crippen LogP contribution in [0.4, 0.5) is 10.8 Å². The molecule has 0 saturated heterocycles. The van der Waals surface area contributed by atoms with Gasteiger partial charge in [0.25, 0.3) is 0 Å². The molecule has 2 N–H and O–H groups in total. The van der Waals surface area contributed by atoms with Crippen molar-refractivity contribution < 1.29 is 4.79 Å². The number of hydrogen-bond acceptors (Lipinski definition) is 4. The normalized spacial score (nSPS) is 11.9. The van der Waals surface area contributed by atoms with Crippen LogP contribution in [0.2, 0.25) is 0 Å². The van der Waals surface area contributed by atoms with E-state index in [0.717, 1.165) is 5.69 Å². The van der Waals surface area contributed by atoms with Gasteiger partial charge in [-0.1, -0.05) is 6.07 Å². The maximum atomic E-state index is 12.0. The Balaban J connectivity index is 1.98. The highest BCUT2D eigenvalue weighted by Crippen LogP contribution is 2.16. The summed E-state index contributed by atoms with van der Waals surface area (Å²) < 4.78 is 0.